The Kier molecular flexibility index (Phi) is 4.46. The van der Waals surface area contributed by atoms with Crippen molar-refractivity contribution in [2.75, 3.05) is 18.5 Å². The molecule has 0 amide bonds. The summed E-state index contributed by atoms with van der Waals surface area (Å²) >= 11 is 0. The van der Waals surface area contributed by atoms with Gasteiger partial charge in [0, 0.05) is 19.3 Å². The van der Waals surface area contributed by atoms with Crippen LogP contribution in [0.1, 0.15) is 28.3 Å². The van der Waals surface area contributed by atoms with Gasteiger partial charge in [-0.15, -0.1) is 0 Å². The van der Waals surface area contributed by atoms with Gasteiger partial charge in [0.2, 0.25) is 0 Å². The number of hydrogen-bond acceptors (Lipinski definition) is 2. The molecule has 106 valence electrons. The molecule has 1 atom stereocenters. The fraction of sp³-hybridized carbons (Fsp3) is 0.333. The lowest BCUT2D eigenvalue weighted by Crippen LogP contribution is -2.30. The third-order valence-electron chi connectivity index (χ3n) is 3.77. The van der Waals surface area contributed by atoms with Crippen LogP contribution in [0.25, 0.3) is 0 Å². The fourth-order valence-corrected chi connectivity index (χ4v) is 2.64. The number of benzene rings is 2. The first-order valence-electron chi connectivity index (χ1n) is 7.09. The first-order chi connectivity index (χ1) is 9.51. The van der Waals surface area contributed by atoms with Crippen LogP contribution in [-0.4, -0.2) is 13.6 Å². The third kappa shape index (κ3) is 3.20. The molecule has 20 heavy (non-hydrogen) atoms. The zero-order valence-electron chi connectivity index (χ0n) is 12.9. The minimum Gasteiger partial charge on any atom is -0.366 e. The van der Waals surface area contributed by atoms with Crippen molar-refractivity contribution in [3.8, 4) is 0 Å². The molecule has 1 unspecified atom stereocenters. The molecular weight excluding hydrogens is 244 g/mol. The summed E-state index contributed by atoms with van der Waals surface area (Å²) in [6.45, 7) is 6.97. The van der Waals surface area contributed by atoms with Crippen molar-refractivity contribution in [1.29, 1.82) is 0 Å². The lowest BCUT2D eigenvalue weighted by atomic mass is 10.0. The summed E-state index contributed by atoms with van der Waals surface area (Å²) in [5.41, 5.74) is 12.3. The maximum absolute atomic E-state index is 6.02. The van der Waals surface area contributed by atoms with Crippen molar-refractivity contribution in [3.63, 3.8) is 0 Å². The number of hydrogen-bond donors (Lipinski definition) is 1. The predicted molar refractivity (Wildman–Crippen MR) is 87.3 cm³/mol. The van der Waals surface area contributed by atoms with E-state index in [-0.39, 0.29) is 6.04 Å². The molecule has 0 saturated carbocycles. The van der Waals surface area contributed by atoms with Gasteiger partial charge in [0.1, 0.15) is 0 Å². The second-order valence-electron chi connectivity index (χ2n) is 5.62. The Balaban J connectivity index is 2.33. The molecule has 0 aliphatic rings. The van der Waals surface area contributed by atoms with Gasteiger partial charge < -0.3 is 10.6 Å². The van der Waals surface area contributed by atoms with Crippen LogP contribution in [0.2, 0.25) is 0 Å². The Labute approximate surface area is 122 Å². The van der Waals surface area contributed by atoms with Crippen molar-refractivity contribution in [2.24, 2.45) is 5.73 Å². The van der Waals surface area contributed by atoms with E-state index in [0.717, 1.165) is 0 Å². The summed E-state index contributed by atoms with van der Waals surface area (Å²) < 4.78 is 0. The van der Waals surface area contributed by atoms with Crippen LogP contribution < -0.4 is 10.6 Å². The topological polar surface area (TPSA) is 29.3 Å². The predicted octanol–water partition coefficient (Wildman–Crippen LogP) is 3.75. The van der Waals surface area contributed by atoms with Crippen LogP contribution in [0.15, 0.2) is 42.5 Å². The van der Waals surface area contributed by atoms with Crippen LogP contribution in [0.3, 0.4) is 0 Å². The highest BCUT2D eigenvalue weighted by atomic mass is 15.1. The van der Waals surface area contributed by atoms with E-state index in [0.29, 0.717) is 6.54 Å². The smallest absolute Gasteiger partial charge is 0.0661 e. The zero-order chi connectivity index (χ0) is 14.7. The van der Waals surface area contributed by atoms with Gasteiger partial charge in [-0.3, -0.25) is 0 Å². The quantitative estimate of drug-likeness (QED) is 0.915. The summed E-state index contributed by atoms with van der Waals surface area (Å²) in [4.78, 5) is 2.27. The lowest BCUT2D eigenvalue weighted by Gasteiger charge is -2.30. The van der Waals surface area contributed by atoms with Gasteiger partial charge in [0.05, 0.1) is 6.04 Å². The number of anilines is 1. The van der Waals surface area contributed by atoms with Crippen LogP contribution in [0, 0.1) is 20.8 Å². The highest BCUT2D eigenvalue weighted by Gasteiger charge is 2.16. The second kappa shape index (κ2) is 6.10. The molecule has 0 aliphatic carbocycles. The molecule has 0 radical (unpaired) electrons. The SMILES string of the molecule is Cc1ccc(C(CN)N(C)c2cc(C)cc(C)c2)cc1. The maximum Gasteiger partial charge on any atom is 0.0661 e. The summed E-state index contributed by atoms with van der Waals surface area (Å²) in [6.07, 6.45) is 0. The van der Waals surface area contributed by atoms with Gasteiger partial charge in [0.15, 0.2) is 0 Å². The highest BCUT2D eigenvalue weighted by Crippen LogP contribution is 2.26. The van der Waals surface area contributed by atoms with E-state index < -0.39 is 0 Å². The van der Waals surface area contributed by atoms with E-state index in [4.69, 9.17) is 5.73 Å². The van der Waals surface area contributed by atoms with Gasteiger partial charge in [-0.25, -0.2) is 0 Å². The molecule has 2 aromatic rings. The number of nitrogens with zero attached hydrogens (tertiary/aromatic N) is 1. The molecule has 0 aliphatic heterocycles. The van der Waals surface area contributed by atoms with E-state index >= 15 is 0 Å². The molecule has 2 rings (SSSR count). The fourth-order valence-electron chi connectivity index (χ4n) is 2.64. The van der Waals surface area contributed by atoms with E-state index in [1.165, 1.54) is 27.9 Å². The average Bonchev–Trinajstić information content (AvgIpc) is 2.40. The molecule has 0 spiro atoms. The second-order valence-corrected chi connectivity index (χ2v) is 5.62. The Morgan fingerprint density at radius 2 is 1.45 bits per heavy atom. The molecule has 0 heterocycles. The molecule has 0 fully saturated rings. The molecule has 2 heteroatoms. The molecular formula is C18H24N2. The molecule has 2 N–H and O–H groups in total. The molecule has 0 aromatic heterocycles. The van der Waals surface area contributed by atoms with Crippen molar-refractivity contribution in [2.45, 2.75) is 26.8 Å². The van der Waals surface area contributed by atoms with E-state index in [1.54, 1.807) is 0 Å². The van der Waals surface area contributed by atoms with Gasteiger partial charge in [-0.1, -0.05) is 35.9 Å². The Morgan fingerprint density at radius 1 is 0.900 bits per heavy atom. The molecule has 2 nitrogen and oxygen atoms in total. The number of nitrogens with two attached hydrogens (primary N) is 1. The van der Waals surface area contributed by atoms with E-state index in [9.17, 15) is 0 Å². The van der Waals surface area contributed by atoms with Gasteiger partial charge in [0.25, 0.3) is 0 Å². The lowest BCUT2D eigenvalue weighted by molar-refractivity contribution is 0.680. The molecule has 0 saturated heterocycles. The number of likely N-dealkylation sites (N-methyl/N-ethyl adjacent to an activating group) is 1. The Morgan fingerprint density at radius 3 is 1.95 bits per heavy atom. The minimum absolute atomic E-state index is 0.205. The van der Waals surface area contributed by atoms with Crippen LogP contribution in [0.5, 0.6) is 0 Å². The van der Waals surface area contributed by atoms with Gasteiger partial charge >= 0.3 is 0 Å². The normalized spacial score (nSPS) is 12.2. The molecule has 2 aromatic carbocycles. The Hall–Kier alpha value is -1.80. The largest absolute Gasteiger partial charge is 0.366 e. The zero-order valence-corrected chi connectivity index (χ0v) is 12.9. The van der Waals surface area contributed by atoms with Crippen molar-refractivity contribution < 1.29 is 0 Å². The van der Waals surface area contributed by atoms with Gasteiger partial charge in [-0.05, 0) is 49.6 Å². The third-order valence-corrected chi connectivity index (χ3v) is 3.77. The van der Waals surface area contributed by atoms with Gasteiger partial charge in [-0.2, -0.15) is 0 Å². The van der Waals surface area contributed by atoms with Crippen LogP contribution in [0.4, 0.5) is 5.69 Å². The summed E-state index contributed by atoms with van der Waals surface area (Å²) in [5, 5.41) is 0. The van der Waals surface area contributed by atoms with Crippen molar-refractivity contribution >= 4 is 5.69 Å². The monoisotopic (exact) mass is 268 g/mol. The average molecular weight is 268 g/mol. The summed E-state index contributed by atoms with van der Waals surface area (Å²) in [7, 11) is 2.12. The van der Waals surface area contributed by atoms with Crippen LogP contribution >= 0.6 is 0 Å². The summed E-state index contributed by atoms with van der Waals surface area (Å²) in [5.74, 6) is 0. The van der Waals surface area contributed by atoms with E-state index in [2.05, 4.69) is 75.2 Å². The molecule has 0 bridgehead atoms. The minimum atomic E-state index is 0.205. The van der Waals surface area contributed by atoms with Crippen molar-refractivity contribution in [1.82, 2.24) is 0 Å². The standard InChI is InChI=1S/C18H24N2/c1-13-5-7-16(8-6-13)18(12-19)20(4)17-10-14(2)9-15(3)11-17/h5-11,18H,12,19H2,1-4H3. The summed E-state index contributed by atoms with van der Waals surface area (Å²) in [6, 6.07) is 15.5. The maximum atomic E-state index is 6.02. The van der Waals surface area contributed by atoms with Crippen LogP contribution in [-0.2, 0) is 0 Å². The first kappa shape index (κ1) is 14.6. The number of rotatable bonds is 4. The van der Waals surface area contributed by atoms with Crippen molar-refractivity contribution in [3.05, 3.63) is 64.7 Å². The Bertz CT molecular complexity index is 552. The number of aryl methyl sites for hydroxylation is 3. The highest BCUT2D eigenvalue weighted by molar-refractivity contribution is 5.52. The first-order valence-corrected chi connectivity index (χ1v) is 7.09. The van der Waals surface area contributed by atoms with E-state index in [1.807, 2.05) is 0 Å².